The van der Waals surface area contributed by atoms with Gasteiger partial charge >= 0.3 is 0 Å². The van der Waals surface area contributed by atoms with E-state index in [0.717, 1.165) is 18.5 Å². The maximum Gasteiger partial charge on any atom is 0.120 e. The molecule has 1 aliphatic rings. The zero-order valence-electron chi connectivity index (χ0n) is 7.46. The summed E-state index contributed by atoms with van der Waals surface area (Å²) in [5.41, 5.74) is 7.29. The van der Waals surface area contributed by atoms with Crippen molar-refractivity contribution in [3.8, 4) is 5.75 Å². The first-order chi connectivity index (χ1) is 6.27. The number of anilines is 1. The number of nitrogen functional groups attached to an aromatic ring is 1. The summed E-state index contributed by atoms with van der Waals surface area (Å²) in [5, 5.41) is 12.9. The van der Waals surface area contributed by atoms with Crippen LogP contribution in [0.1, 0.15) is 24.4 Å². The van der Waals surface area contributed by atoms with E-state index in [1.807, 2.05) is 6.07 Å². The van der Waals surface area contributed by atoms with Crippen molar-refractivity contribution in [3.05, 3.63) is 23.8 Å². The van der Waals surface area contributed by atoms with Gasteiger partial charge in [-0.2, -0.15) is 0 Å². The number of phenols is 1. The lowest BCUT2D eigenvalue weighted by Crippen LogP contribution is -2.13. The molecule has 1 aromatic rings. The second kappa shape index (κ2) is 3.26. The first-order valence-corrected chi connectivity index (χ1v) is 4.59. The molecule has 0 aromatic heterocycles. The molecule has 4 N–H and O–H groups in total. The molecule has 2 rings (SSSR count). The van der Waals surface area contributed by atoms with Crippen LogP contribution >= 0.6 is 0 Å². The Bertz CT molecular complexity index is 306. The van der Waals surface area contributed by atoms with Crippen LogP contribution in [-0.4, -0.2) is 11.7 Å². The highest BCUT2D eigenvalue weighted by Crippen LogP contribution is 2.31. The number of rotatable bonds is 1. The van der Waals surface area contributed by atoms with E-state index in [9.17, 15) is 5.11 Å². The number of hydrogen-bond acceptors (Lipinski definition) is 3. The highest BCUT2D eigenvalue weighted by molar-refractivity contribution is 5.48. The molecule has 13 heavy (non-hydrogen) atoms. The quantitative estimate of drug-likeness (QED) is 0.450. The molecule has 70 valence electrons. The summed E-state index contributed by atoms with van der Waals surface area (Å²) in [4.78, 5) is 0. The van der Waals surface area contributed by atoms with E-state index in [4.69, 9.17) is 5.73 Å². The van der Waals surface area contributed by atoms with E-state index in [-0.39, 0.29) is 6.04 Å². The monoisotopic (exact) mass is 178 g/mol. The third kappa shape index (κ3) is 1.60. The summed E-state index contributed by atoms with van der Waals surface area (Å²) >= 11 is 0. The predicted octanol–water partition coefficient (Wildman–Crippen LogP) is 1.40. The zero-order valence-corrected chi connectivity index (χ0v) is 7.46. The molecule has 1 atom stereocenters. The average Bonchev–Trinajstić information content (AvgIpc) is 2.61. The van der Waals surface area contributed by atoms with Gasteiger partial charge in [0, 0.05) is 17.3 Å². The van der Waals surface area contributed by atoms with Crippen molar-refractivity contribution >= 4 is 5.69 Å². The van der Waals surface area contributed by atoms with Gasteiger partial charge in [-0.25, -0.2) is 0 Å². The standard InChI is InChI=1S/C10H14N2O/c11-7-3-4-10(13)8(6-7)9-2-1-5-12-9/h3-4,6,9,12-13H,1-2,5,11H2. The summed E-state index contributed by atoms with van der Waals surface area (Å²) in [6, 6.07) is 5.50. The van der Waals surface area contributed by atoms with Crippen LogP contribution in [0.5, 0.6) is 5.75 Å². The van der Waals surface area contributed by atoms with Gasteiger partial charge in [0.05, 0.1) is 0 Å². The molecule has 0 amide bonds. The highest BCUT2D eigenvalue weighted by atomic mass is 16.3. The molecule has 0 saturated carbocycles. The molecule has 0 radical (unpaired) electrons. The van der Waals surface area contributed by atoms with Gasteiger partial charge in [-0.15, -0.1) is 0 Å². The molecule has 0 aliphatic carbocycles. The maximum atomic E-state index is 9.60. The Morgan fingerprint density at radius 3 is 3.00 bits per heavy atom. The Labute approximate surface area is 77.6 Å². The number of aromatic hydroxyl groups is 1. The average molecular weight is 178 g/mol. The first-order valence-electron chi connectivity index (χ1n) is 4.59. The van der Waals surface area contributed by atoms with Crippen LogP contribution in [0.2, 0.25) is 0 Å². The van der Waals surface area contributed by atoms with Crippen LogP contribution in [0.25, 0.3) is 0 Å². The maximum absolute atomic E-state index is 9.60. The molecule has 1 aliphatic heterocycles. The Morgan fingerprint density at radius 2 is 2.31 bits per heavy atom. The van der Waals surface area contributed by atoms with Gasteiger partial charge in [0.15, 0.2) is 0 Å². The molecule has 0 spiro atoms. The Balaban J connectivity index is 2.32. The van der Waals surface area contributed by atoms with Crippen LogP contribution in [-0.2, 0) is 0 Å². The van der Waals surface area contributed by atoms with E-state index in [1.54, 1.807) is 12.1 Å². The van der Waals surface area contributed by atoms with Crippen LogP contribution < -0.4 is 11.1 Å². The molecule has 3 nitrogen and oxygen atoms in total. The lowest BCUT2D eigenvalue weighted by atomic mass is 10.0. The first kappa shape index (κ1) is 8.38. The summed E-state index contributed by atoms with van der Waals surface area (Å²) in [7, 11) is 0. The molecule has 3 heteroatoms. The molecule has 1 saturated heterocycles. The third-order valence-corrected chi connectivity index (χ3v) is 2.49. The molecular formula is C10H14N2O. The summed E-state index contributed by atoms with van der Waals surface area (Å²) < 4.78 is 0. The topological polar surface area (TPSA) is 58.3 Å². The van der Waals surface area contributed by atoms with Gasteiger partial charge < -0.3 is 16.2 Å². The van der Waals surface area contributed by atoms with Crippen molar-refractivity contribution in [3.63, 3.8) is 0 Å². The van der Waals surface area contributed by atoms with E-state index >= 15 is 0 Å². The Hall–Kier alpha value is -1.22. The third-order valence-electron chi connectivity index (χ3n) is 2.49. The van der Waals surface area contributed by atoms with E-state index < -0.39 is 0 Å². The minimum absolute atomic E-state index is 0.281. The summed E-state index contributed by atoms with van der Waals surface area (Å²) in [5.74, 6) is 0.341. The van der Waals surface area contributed by atoms with Gasteiger partial charge in [0.1, 0.15) is 5.75 Å². The fourth-order valence-corrected chi connectivity index (χ4v) is 1.80. The molecule has 1 aromatic carbocycles. The fraction of sp³-hybridized carbons (Fsp3) is 0.400. The minimum atomic E-state index is 0.281. The lowest BCUT2D eigenvalue weighted by Gasteiger charge is -2.12. The molecule has 1 unspecified atom stereocenters. The second-order valence-corrected chi connectivity index (χ2v) is 3.47. The van der Waals surface area contributed by atoms with Crippen molar-refractivity contribution in [1.29, 1.82) is 0 Å². The number of phenolic OH excluding ortho intramolecular Hbond substituents is 1. The van der Waals surface area contributed by atoms with Crippen LogP contribution in [0, 0.1) is 0 Å². The van der Waals surface area contributed by atoms with Crippen molar-refractivity contribution in [2.24, 2.45) is 0 Å². The highest BCUT2D eigenvalue weighted by Gasteiger charge is 2.18. The van der Waals surface area contributed by atoms with Crippen LogP contribution in [0.4, 0.5) is 5.69 Å². The van der Waals surface area contributed by atoms with Crippen molar-refractivity contribution in [1.82, 2.24) is 5.32 Å². The summed E-state index contributed by atoms with van der Waals surface area (Å²) in [6.45, 7) is 1.03. The fourth-order valence-electron chi connectivity index (χ4n) is 1.80. The molecular weight excluding hydrogens is 164 g/mol. The van der Waals surface area contributed by atoms with Crippen molar-refractivity contribution in [2.45, 2.75) is 18.9 Å². The molecule has 0 bridgehead atoms. The zero-order chi connectivity index (χ0) is 9.26. The van der Waals surface area contributed by atoms with E-state index in [0.29, 0.717) is 11.4 Å². The smallest absolute Gasteiger partial charge is 0.120 e. The Morgan fingerprint density at radius 1 is 1.46 bits per heavy atom. The van der Waals surface area contributed by atoms with Crippen LogP contribution in [0.15, 0.2) is 18.2 Å². The number of benzene rings is 1. The molecule has 1 heterocycles. The lowest BCUT2D eigenvalue weighted by molar-refractivity contribution is 0.457. The van der Waals surface area contributed by atoms with Gasteiger partial charge in [0.2, 0.25) is 0 Å². The number of nitrogens with one attached hydrogen (secondary N) is 1. The second-order valence-electron chi connectivity index (χ2n) is 3.47. The predicted molar refractivity (Wildman–Crippen MR) is 52.5 cm³/mol. The van der Waals surface area contributed by atoms with Crippen LogP contribution in [0.3, 0.4) is 0 Å². The molecule has 1 fully saturated rings. The largest absolute Gasteiger partial charge is 0.508 e. The summed E-state index contributed by atoms with van der Waals surface area (Å²) in [6.07, 6.45) is 2.25. The van der Waals surface area contributed by atoms with E-state index in [1.165, 1.54) is 6.42 Å². The SMILES string of the molecule is Nc1ccc(O)c(C2CCCN2)c1. The number of hydrogen-bond donors (Lipinski definition) is 3. The normalized spacial score (nSPS) is 22.0. The van der Waals surface area contributed by atoms with Gasteiger partial charge in [0.25, 0.3) is 0 Å². The van der Waals surface area contributed by atoms with Crippen molar-refractivity contribution in [2.75, 3.05) is 12.3 Å². The minimum Gasteiger partial charge on any atom is -0.508 e. The van der Waals surface area contributed by atoms with Gasteiger partial charge in [-0.05, 0) is 37.6 Å². The Kier molecular flexibility index (Phi) is 2.10. The number of nitrogens with two attached hydrogens (primary N) is 1. The van der Waals surface area contributed by atoms with Gasteiger partial charge in [-0.1, -0.05) is 0 Å². The van der Waals surface area contributed by atoms with Gasteiger partial charge in [-0.3, -0.25) is 0 Å². The van der Waals surface area contributed by atoms with Crippen molar-refractivity contribution < 1.29 is 5.11 Å². The van der Waals surface area contributed by atoms with E-state index in [2.05, 4.69) is 5.32 Å².